The Balaban J connectivity index is 2.68. The highest BCUT2D eigenvalue weighted by Gasteiger charge is 2.33. The monoisotopic (exact) mass is 347 g/mol. The molecule has 1 aromatic rings. The summed E-state index contributed by atoms with van der Waals surface area (Å²) in [5, 5.41) is 0. The van der Waals surface area contributed by atoms with Crippen LogP contribution in [-0.4, -0.2) is 4.98 Å². The van der Waals surface area contributed by atoms with Gasteiger partial charge in [-0.25, -0.2) is 4.98 Å². The third-order valence-electron chi connectivity index (χ3n) is 4.05. The van der Waals surface area contributed by atoms with Crippen molar-refractivity contribution in [2.75, 3.05) is 0 Å². The minimum Gasteiger partial charge on any atom is -0.405 e. The predicted octanol–water partition coefficient (Wildman–Crippen LogP) is 6.38. The van der Waals surface area contributed by atoms with Gasteiger partial charge in [-0.05, 0) is 12.8 Å². The molecule has 0 aromatic carbocycles. The number of nitrogens with zero attached hydrogens (tertiary/aromatic N) is 1. The molecule has 20 heavy (non-hydrogen) atoms. The van der Waals surface area contributed by atoms with Crippen LogP contribution >= 0.6 is 15.9 Å². The molecule has 0 aliphatic carbocycles. The average molecular weight is 348 g/mol. The molecule has 1 unspecified atom stereocenters. The van der Waals surface area contributed by atoms with E-state index in [0.29, 0.717) is 5.69 Å². The molecule has 4 heteroatoms. The van der Waals surface area contributed by atoms with Crippen molar-refractivity contribution in [2.45, 2.75) is 84.0 Å². The van der Waals surface area contributed by atoms with Gasteiger partial charge in [-0.15, -0.1) is 0 Å². The van der Waals surface area contributed by atoms with E-state index in [1.165, 1.54) is 25.7 Å². The van der Waals surface area contributed by atoms with Crippen LogP contribution < -0.4 is 0 Å². The van der Waals surface area contributed by atoms with E-state index in [4.69, 9.17) is 4.42 Å². The minimum absolute atomic E-state index is 0.207. The molecule has 0 amide bonds. The van der Waals surface area contributed by atoms with Crippen molar-refractivity contribution in [3.63, 3.8) is 0 Å². The zero-order valence-corrected chi connectivity index (χ0v) is 14.6. The van der Waals surface area contributed by atoms with Gasteiger partial charge >= 0.3 is 6.01 Å². The topological polar surface area (TPSA) is 26.0 Å². The van der Waals surface area contributed by atoms with Crippen LogP contribution in [0.3, 0.4) is 0 Å². The van der Waals surface area contributed by atoms with Crippen molar-refractivity contribution in [3.05, 3.63) is 16.5 Å². The zero-order valence-electron chi connectivity index (χ0n) is 13.0. The summed E-state index contributed by atoms with van der Waals surface area (Å²) in [6.07, 6.45) is 10.3. The van der Waals surface area contributed by atoms with Gasteiger partial charge in [0.2, 0.25) is 0 Å². The molecule has 0 aliphatic rings. The Bertz CT molecular complexity index is 394. The number of unbranched alkanes of at least 4 members (excludes halogenated alkanes) is 5. The van der Waals surface area contributed by atoms with Gasteiger partial charge in [-0.1, -0.05) is 65.7 Å². The lowest BCUT2D eigenvalue weighted by Gasteiger charge is -2.27. The van der Waals surface area contributed by atoms with E-state index in [-0.39, 0.29) is 10.2 Å². The highest BCUT2D eigenvalue weighted by molar-refractivity contribution is 9.10. The van der Waals surface area contributed by atoms with Gasteiger partial charge in [-0.3, -0.25) is 0 Å². The van der Waals surface area contributed by atoms with Crippen LogP contribution in [0.5, 0.6) is 0 Å². The largest absolute Gasteiger partial charge is 0.405 e. The lowest BCUT2D eigenvalue weighted by atomic mass is 9.77. The molecule has 1 heterocycles. The molecule has 1 rings (SSSR count). The maximum absolute atomic E-state index is 13.9. The van der Waals surface area contributed by atoms with Crippen molar-refractivity contribution in [2.24, 2.45) is 0 Å². The van der Waals surface area contributed by atoms with Gasteiger partial charge in [0.25, 0.3) is 4.80 Å². The molecule has 2 nitrogen and oxygen atoms in total. The first-order chi connectivity index (χ1) is 9.53. The third kappa shape index (κ3) is 5.19. The molecule has 0 saturated heterocycles. The fourth-order valence-corrected chi connectivity index (χ4v) is 3.02. The first kappa shape index (κ1) is 17.7. The van der Waals surface area contributed by atoms with Crippen molar-refractivity contribution in [1.29, 1.82) is 0 Å². The van der Waals surface area contributed by atoms with Crippen LogP contribution in [0, 0.1) is 6.01 Å². The normalized spacial score (nSPS) is 14.4. The number of rotatable bonds is 10. The van der Waals surface area contributed by atoms with E-state index in [1.54, 1.807) is 0 Å². The first-order valence-electron chi connectivity index (χ1n) is 7.85. The standard InChI is InChI=1S/C16H27BrFNO/c1-4-6-8-9-10-12-16(3,11-7-5-2)13-14(18)20-15(17)19-13/h4-12H2,1-3H3. The second-order valence-corrected chi connectivity index (χ2v) is 6.60. The Kier molecular flexibility index (Phi) is 7.78. The Morgan fingerprint density at radius 1 is 1.05 bits per heavy atom. The van der Waals surface area contributed by atoms with E-state index in [2.05, 4.69) is 41.7 Å². The molecule has 1 aromatic heterocycles. The van der Waals surface area contributed by atoms with Crippen molar-refractivity contribution < 1.29 is 8.81 Å². The Morgan fingerprint density at radius 3 is 2.20 bits per heavy atom. The molecule has 0 fully saturated rings. The minimum atomic E-state index is -0.524. The van der Waals surface area contributed by atoms with Crippen molar-refractivity contribution in [3.8, 4) is 0 Å². The summed E-state index contributed by atoms with van der Waals surface area (Å²) < 4.78 is 18.8. The number of hydrogen-bond donors (Lipinski definition) is 0. The summed E-state index contributed by atoms with van der Waals surface area (Å²) in [5.41, 5.74) is 0.287. The Morgan fingerprint density at radius 2 is 1.65 bits per heavy atom. The Hall–Kier alpha value is -0.380. The maximum atomic E-state index is 13.9. The second kappa shape index (κ2) is 8.81. The molecule has 0 N–H and O–H groups in total. The molecule has 1 atom stereocenters. The molecule has 0 aliphatic heterocycles. The fourth-order valence-electron chi connectivity index (χ4n) is 2.70. The summed E-state index contributed by atoms with van der Waals surface area (Å²) in [6.45, 7) is 6.50. The van der Waals surface area contributed by atoms with Gasteiger partial charge in [0, 0.05) is 21.3 Å². The Labute approximate surface area is 130 Å². The second-order valence-electron chi connectivity index (χ2n) is 5.92. The summed E-state index contributed by atoms with van der Waals surface area (Å²) >= 11 is 3.13. The van der Waals surface area contributed by atoms with Crippen LogP contribution in [0.1, 0.15) is 84.3 Å². The van der Waals surface area contributed by atoms with Crippen molar-refractivity contribution in [1.82, 2.24) is 4.98 Å². The van der Waals surface area contributed by atoms with Crippen LogP contribution in [0.25, 0.3) is 0 Å². The number of oxazole rings is 1. The van der Waals surface area contributed by atoms with E-state index in [9.17, 15) is 4.39 Å². The molecule has 116 valence electrons. The smallest absolute Gasteiger partial charge is 0.302 e. The van der Waals surface area contributed by atoms with Crippen LogP contribution in [0.15, 0.2) is 9.22 Å². The molecule has 0 bridgehead atoms. The number of halogens is 2. The number of hydrogen-bond acceptors (Lipinski definition) is 2. The molecular formula is C16H27BrFNO. The average Bonchev–Trinajstić information content (AvgIpc) is 2.76. The van der Waals surface area contributed by atoms with Crippen LogP contribution in [0.2, 0.25) is 0 Å². The summed E-state index contributed by atoms with van der Waals surface area (Å²) in [5.74, 6) is 0. The lowest BCUT2D eigenvalue weighted by molar-refractivity contribution is 0.301. The third-order valence-corrected chi connectivity index (χ3v) is 4.38. The predicted molar refractivity (Wildman–Crippen MR) is 84.4 cm³/mol. The highest BCUT2D eigenvalue weighted by atomic mass is 79.9. The van der Waals surface area contributed by atoms with Gasteiger partial charge in [-0.2, -0.15) is 4.39 Å². The maximum Gasteiger partial charge on any atom is 0.302 e. The van der Waals surface area contributed by atoms with E-state index >= 15 is 0 Å². The lowest BCUT2D eigenvalue weighted by Crippen LogP contribution is -2.24. The van der Waals surface area contributed by atoms with E-state index in [0.717, 1.165) is 32.1 Å². The summed E-state index contributed by atoms with van der Waals surface area (Å²) in [6, 6.07) is -0.524. The van der Waals surface area contributed by atoms with Gasteiger partial charge in [0.05, 0.1) is 0 Å². The molecular weight excluding hydrogens is 321 g/mol. The first-order valence-corrected chi connectivity index (χ1v) is 8.65. The van der Waals surface area contributed by atoms with Crippen molar-refractivity contribution >= 4 is 15.9 Å². The zero-order chi connectivity index (χ0) is 15.0. The molecule has 0 saturated carbocycles. The summed E-state index contributed by atoms with van der Waals surface area (Å²) in [7, 11) is 0. The van der Waals surface area contributed by atoms with E-state index in [1.807, 2.05) is 0 Å². The highest BCUT2D eigenvalue weighted by Crippen LogP contribution is 2.37. The fraction of sp³-hybridized carbons (Fsp3) is 0.812. The van der Waals surface area contributed by atoms with Gasteiger partial charge in [0.1, 0.15) is 5.69 Å². The molecule has 0 radical (unpaired) electrons. The van der Waals surface area contributed by atoms with Crippen LogP contribution in [0.4, 0.5) is 4.39 Å². The van der Waals surface area contributed by atoms with Crippen LogP contribution in [-0.2, 0) is 5.41 Å². The SMILES string of the molecule is CCCCCCCC(C)(CCCC)c1nc(Br)oc1F. The van der Waals surface area contributed by atoms with Gasteiger partial charge < -0.3 is 4.42 Å². The number of aromatic nitrogens is 1. The summed E-state index contributed by atoms with van der Waals surface area (Å²) in [4.78, 5) is 4.47. The van der Waals surface area contributed by atoms with E-state index < -0.39 is 6.01 Å². The quantitative estimate of drug-likeness (QED) is 0.458. The van der Waals surface area contributed by atoms with Gasteiger partial charge in [0.15, 0.2) is 0 Å². The molecule has 0 spiro atoms.